The third kappa shape index (κ3) is 21.9. The molecule has 0 saturated carbocycles. The summed E-state index contributed by atoms with van der Waals surface area (Å²) >= 11 is 0. The van der Waals surface area contributed by atoms with E-state index in [0.29, 0.717) is 12.8 Å². The normalized spacial score (nSPS) is 32.9. The average molecular weight is 1010 g/mol. The van der Waals surface area contributed by atoms with Crippen LogP contribution in [-0.2, 0) is 33.2 Å². The minimum Gasteiger partial charge on any atom is -0.394 e. The van der Waals surface area contributed by atoms with Crippen LogP contribution in [0.25, 0.3) is 0 Å². The Morgan fingerprint density at radius 3 is 1.56 bits per heavy atom. The van der Waals surface area contributed by atoms with Crippen molar-refractivity contribution in [3.63, 3.8) is 0 Å². The van der Waals surface area contributed by atoms with E-state index in [2.05, 4.69) is 79.9 Å². The highest BCUT2D eigenvalue weighted by Gasteiger charge is 2.53. The fourth-order valence-corrected chi connectivity index (χ4v) is 8.19. The van der Waals surface area contributed by atoms with Crippen molar-refractivity contribution >= 4 is 5.91 Å². The number of unbranched alkanes of at least 4 members (excludes halogenated alkanes) is 8. The molecule has 0 aromatic carbocycles. The molecule has 3 heterocycles. The van der Waals surface area contributed by atoms with Gasteiger partial charge in [0.25, 0.3) is 0 Å². The first-order chi connectivity index (χ1) is 34.3. The van der Waals surface area contributed by atoms with Crippen molar-refractivity contribution in [1.82, 2.24) is 5.32 Å². The van der Waals surface area contributed by atoms with Gasteiger partial charge in [0.2, 0.25) is 5.91 Å². The number of hydrogen-bond donors (Lipinski definition) is 12. The second-order valence-corrected chi connectivity index (χ2v) is 18.2. The summed E-state index contributed by atoms with van der Waals surface area (Å²) in [4.78, 5) is 13.2. The number of hydrogen-bond acceptors (Lipinski definition) is 18. The summed E-state index contributed by atoms with van der Waals surface area (Å²) in [6.07, 6.45) is 12.1. The molecular weight excluding hydrogens is 927 g/mol. The summed E-state index contributed by atoms with van der Waals surface area (Å²) in [5, 5.41) is 119. The van der Waals surface area contributed by atoms with Crippen molar-refractivity contribution in [1.29, 1.82) is 0 Å². The molecule has 3 rings (SSSR count). The highest BCUT2D eigenvalue weighted by Crippen LogP contribution is 2.33. The summed E-state index contributed by atoms with van der Waals surface area (Å²) in [6.45, 7) is 1.45. The maximum atomic E-state index is 13.2. The number of nitrogens with one attached hydrogen (secondary N) is 1. The van der Waals surface area contributed by atoms with E-state index in [1.807, 2.05) is 0 Å². The smallest absolute Gasteiger partial charge is 0.220 e. The van der Waals surface area contributed by atoms with Crippen LogP contribution >= 0.6 is 0 Å². The molecule has 19 heteroatoms. The Bertz CT molecular complexity index is 1590. The van der Waals surface area contributed by atoms with E-state index in [1.165, 1.54) is 6.42 Å². The van der Waals surface area contributed by atoms with Crippen LogP contribution in [0.2, 0.25) is 0 Å². The van der Waals surface area contributed by atoms with E-state index < -0.39 is 124 Å². The summed E-state index contributed by atoms with van der Waals surface area (Å²) < 4.78 is 34.0. The fourth-order valence-electron chi connectivity index (χ4n) is 8.19. The number of amides is 1. The lowest BCUT2D eigenvalue weighted by Gasteiger charge is -2.48. The third-order valence-corrected chi connectivity index (χ3v) is 12.5. The number of carbonyl (C=O) groups excluding carboxylic acids is 1. The van der Waals surface area contributed by atoms with E-state index in [4.69, 9.17) is 28.4 Å². The van der Waals surface area contributed by atoms with Crippen molar-refractivity contribution < 1.29 is 89.4 Å². The van der Waals surface area contributed by atoms with Crippen molar-refractivity contribution in [3.05, 3.63) is 72.9 Å². The molecule has 0 spiro atoms. The predicted octanol–water partition coefficient (Wildman–Crippen LogP) is 1.92. The van der Waals surface area contributed by atoms with Gasteiger partial charge in [0.1, 0.15) is 73.2 Å². The van der Waals surface area contributed by atoms with Crippen LogP contribution in [0, 0.1) is 0 Å². The molecule has 17 unspecified atom stereocenters. The first kappa shape index (κ1) is 62.5. The van der Waals surface area contributed by atoms with Gasteiger partial charge >= 0.3 is 0 Å². The van der Waals surface area contributed by atoms with Crippen LogP contribution in [0.1, 0.15) is 117 Å². The maximum Gasteiger partial charge on any atom is 0.220 e. The molecule has 0 bridgehead atoms. The molecule has 71 heavy (non-hydrogen) atoms. The molecule has 3 saturated heterocycles. The zero-order chi connectivity index (χ0) is 52.0. The van der Waals surface area contributed by atoms with Crippen molar-refractivity contribution in [2.24, 2.45) is 0 Å². The standard InChI is InChI=1S/C52H87NO18/c1-3-5-7-9-11-13-14-15-16-17-18-19-20-22-24-26-28-30-40(58)53-35(36(57)29-27-25-23-21-12-10-8-6-4-2)34-66-50-46(64)43(61)48(38(32-55)68-50)71-52-47(65)44(62)49(39(33-56)69-52)70-51-45(63)42(60)41(59)37(31-54)67-51/h5,7,11-13,15-16,18-19,21,27,29,35-39,41-52,54-57,59-65H,3-4,6,8-10,14,17,20,22-26,28,30-34H2,1-2H3,(H,53,58)/b7-5-,13-11-,16-15-,19-18-,21-12+,29-27+. The molecule has 1 amide bonds. The molecule has 3 aliphatic heterocycles. The fraction of sp³-hybridized carbons (Fsp3) is 0.750. The number of aliphatic hydroxyl groups is 11. The molecule has 0 aromatic heterocycles. The summed E-state index contributed by atoms with van der Waals surface area (Å²) in [5.41, 5.74) is 0. The quantitative estimate of drug-likeness (QED) is 0.0324. The van der Waals surface area contributed by atoms with E-state index in [9.17, 15) is 61.0 Å². The van der Waals surface area contributed by atoms with Crippen LogP contribution in [0.3, 0.4) is 0 Å². The van der Waals surface area contributed by atoms with Crippen LogP contribution < -0.4 is 5.32 Å². The molecule has 17 atom stereocenters. The number of aliphatic hydroxyl groups excluding tert-OH is 11. The molecule has 0 aliphatic carbocycles. The molecule has 0 aromatic rings. The number of ether oxygens (including phenoxy) is 6. The monoisotopic (exact) mass is 1010 g/mol. The van der Waals surface area contributed by atoms with Crippen molar-refractivity contribution in [3.8, 4) is 0 Å². The SMILES string of the molecule is CC/C=C\C/C=C\C/C=C\C/C=C\CCCCCCC(=O)NC(COC1OC(CO)C(OC2OC(CO)C(OC3OC(CO)C(O)C(O)C3O)C(O)C2O)C(O)C1O)C(O)/C=C/CC/C=C/CCCCC. The molecule has 3 fully saturated rings. The van der Waals surface area contributed by atoms with Gasteiger partial charge in [-0.25, -0.2) is 0 Å². The number of carbonyl (C=O) groups is 1. The Balaban J connectivity index is 1.55. The summed E-state index contributed by atoms with van der Waals surface area (Å²) in [5.74, 6) is -0.318. The van der Waals surface area contributed by atoms with Crippen LogP contribution in [0.15, 0.2) is 72.9 Å². The van der Waals surface area contributed by atoms with Gasteiger partial charge in [-0.1, -0.05) is 112 Å². The average Bonchev–Trinajstić information content (AvgIpc) is 3.36. The molecule has 12 N–H and O–H groups in total. The summed E-state index contributed by atoms with van der Waals surface area (Å²) in [7, 11) is 0. The Morgan fingerprint density at radius 2 is 0.986 bits per heavy atom. The van der Waals surface area contributed by atoms with Gasteiger partial charge in [0, 0.05) is 6.42 Å². The first-order valence-corrected chi connectivity index (χ1v) is 25.7. The molecular formula is C52H87NO18. The first-order valence-electron chi connectivity index (χ1n) is 25.7. The minimum absolute atomic E-state index is 0.203. The Kier molecular flexibility index (Phi) is 31.9. The highest BCUT2D eigenvalue weighted by atomic mass is 16.8. The zero-order valence-corrected chi connectivity index (χ0v) is 41.7. The van der Waals surface area contributed by atoms with E-state index >= 15 is 0 Å². The number of allylic oxidation sites excluding steroid dienone is 11. The molecule has 408 valence electrons. The molecule has 19 nitrogen and oxygen atoms in total. The maximum absolute atomic E-state index is 13.2. The van der Waals surface area contributed by atoms with Gasteiger partial charge in [-0.15, -0.1) is 0 Å². The Hall–Kier alpha value is -2.77. The predicted molar refractivity (Wildman–Crippen MR) is 263 cm³/mol. The Morgan fingerprint density at radius 1 is 0.521 bits per heavy atom. The van der Waals surface area contributed by atoms with Crippen molar-refractivity contribution in [2.45, 2.75) is 221 Å². The van der Waals surface area contributed by atoms with Gasteiger partial charge in [-0.3, -0.25) is 4.79 Å². The zero-order valence-electron chi connectivity index (χ0n) is 41.7. The Labute approximate surface area is 419 Å². The van der Waals surface area contributed by atoms with Gasteiger partial charge in [0.05, 0.1) is 38.6 Å². The van der Waals surface area contributed by atoms with Gasteiger partial charge < -0.3 is 89.9 Å². The lowest BCUT2D eigenvalue weighted by molar-refractivity contribution is -0.379. The second-order valence-electron chi connectivity index (χ2n) is 18.2. The van der Waals surface area contributed by atoms with E-state index in [-0.39, 0.29) is 18.9 Å². The van der Waals surface area contributed by atoms with E-state index in [1.54, 1.807) is 12.2 Å². The molecule has 0 radical (unpaired) electrons. The largest absolute Gasteiger partial charge is 0.394 e. The van der Waals surface area contributed by atoms with Crippen molar-refractivity contribution in [2.75, 3.05) is 26.4 Å². The lowest BCUT2D eigenvalue weighted by Crippen LogP contribution is -2.66. The number of rotatable bonds is 34. The van der Waals surface area contributed by atoms with Crippen LogP contribution in [0.4, 0.5) is 0 Å². The minimum atomic E-state index is -1.98. The highest BCUT2D eigenvalue weighted by molar-refractivity contribution is 5.76. The van der Waals surface area contributed by atoms with Gasteiger partial charge in [0.15, 0.2) is 18.9 Å². The topological polar surface area (TPSA) is 307 Å². The second kappa shape index (κ2) is 36.2. The van der Waals surface area contributed by atoms with Gasteiger partial charge in [-0.05, 0) is 70.6 Å². The third-order valence-electron chi connectivity index (χ3n) is 12.5. The summed E-state index contributed by atoms with van der Waals surface area (Å²) in [6, 6.07) is -1.00. The van der Waals surface area contributed by atoms with Crippen LogP contribution in [0.5, 0.6) is 0 Å². The molecule has 3 aliphatic rings. The van der Waals surface area contributed by atoms with E-state index in [0.717, 1.165) is 77.0 Å². The van der Waals surface area contributed by atoms with Crippen LogP contribution in [-0.4, -0.2) is 193 Å². The lowest BCUT2D eigenvalue weighted by atomic mass is 9.96. The van der Waals surface area contributed by atoms with Gasteiger partial charge in [-0.2, -0.15) is 0 Å².